The highest BCUT2D eigenvalue weighted by atomic mass is 35.5. The van der Waals surface area contributed by atoms with Gasteiger partial charge in [0.2, 0.25) is 5.91 Å². The average Bonchev–Trinajstić information content (AvgIpc) is 3.35. The minimum Gasteiger partial charge on any atom is -0.403 e. The Morgan fingerprint density at radius 2 is 1.70 bits per heavy atom. The molecular weight excluding hydrogens is 551 g/mol. The quantitative estimate of drug-likeness (QED) is 0.120. The third-order valence-electron chi connectivity index (χ3n) is 6.47. The third-order valence-corrected chi connectivity index (χ3v) is 7.72. The van der Waals surface area contributed by atoms with E-state index in [1.165, 1.54) is 25.7 Å². The summed E-state index contributed by atoms with van der Waals surface area (Å²) in [5.41, 5.74) is 8.12. The lowest BCUT2D eigenvalue weighted by molar-refractivity contribution is -0.122. The Balaban J connectivity index is 0.000000708. The van der Waals surface area contributed by atoms with Crippen LogP contribution in [0.4, 0.5) is 0 Å². The lowest BCUT2D eigenvalue weighted by atomic mass is 10.1. The fraction of sp³-hybridized carbons (Fsp3) is 0.483. The van der Waals surface area contributed by atoms with Crippen LogP contribution in [0, 0.1) is 0 Å². The molecule has 0 saturated carbocycles. The lowest BCUT2D eigenvalue weighted by Gasteiger charge is -2.14. The highest BCUT2D eigenvalue weighted by Gasteiger charge is 2.23. The first kappa shape index (κ1) is 33.8. The number of rotatable bonds is 16. The van der Waals surface area contributed by atoms with Crippen LogP contribution in [0.25, 0.3) is 10.9 Å². The number of nitrogens with two attached hydrogens (primary N) is 1. The molecule has 2 aromatic carbocycles. The smallest absolute Gasteiger partial charge is 0.403 e. The number of H-pyrrole nitrogens is 1. The van der Waals surface area contributed by atoms with Gasteiger partial charge >= 0.3 is 7.82 Å². The number of amides is 1. The Labute approximate surface area is 243 Å². The first-order valence-corrected chi connectivity index (χ1v) is 15.8. The molecule has 0 fully saturated rings. The summed E-state index contributed by atoms with van der Waals surface area (Å²) in [7, 11) is -4.22. The summed E-state index contributed by atoms with van der Waals surface area (Å²) in [6.07, 6.45) is 5.34. The number of halogens is 1. The number of nitrogens with one attached hydrogen (secondary N) is 2. The van der Waals surface area contributed by atoms with Crippen molar-refractivity contribution in [2.24, 2.45) is 5.73 Å². The maximum atomic E-state index is 12.3. The van der Waals surface area contributed by atoms with Gasteiger partial charge < -0.3 is 25.5 Å². The van der Waals surface area contributed by atoms with Crippen LogP contribution in [0.15, 0.2) is 54.7 Å². The van der Waals surface area contributed by atoms with Crippen molar-refractivity contribution >= 4 is 36.2 Å². The Hall–Kier alpha value is -2.39. The van der Waals surface area contributed by atoms with Gasteiger partial charge in [0, 0.05) is 23.6 Å². The van der Waals surface area contributed by atoms with Crippen molar-refractivity contribution < 1.29 is 23.3 Å². The first-order valence-electron chi connectivity index (χ1n) is 13.9. The minimum atomic E-state index is -4.22. The number of para-hydroxylation sites is 2. The molecule has 3 aromatic rings. The lowest BCUT2D eigenvalue weighted by Crippen LogP contribution is -2.42. The number of phosphoric acid groups is 1. The van der Waals surface area contributed by atoms with E-state index in [4.69, 9.17) is 26.4 Å². The van der Waals surface area contributed by atoms with E-state index in [0.29, 0.717) is 19.4 Å². The maximum Gasteiger partial charge on any atom is 0.527 e. The fourth-order valence-electron chi connectivity index (χ4n) is 4.07. The molecule has 1 amide bonds. The molecule has 0 aliphatic heterocycles. The summed E-state index contributed by atoms with van der Waals surface area (Å²) in [6.45, 7) is 10.7. The summed E-state index contributed by atoms with van der Waals surface area (Å²) in [6, 6.07) is 13.7. The van der Waals surface area contributed by atoms with Gasteiger partial charge in [-0.25, -0.2) is 4.57 Å². The highest BCUT2D eigenvalue weighted by molar-refractivity contribution is 7.47. The van der Waals surface area contributed by atoms with Crippen molar-refractivity contribution in [2.45, 2.75) is 58.9 Å². The summed E-state index contributed by atoms with van der Waals surface area (Å²) >= 11 is 5.91. The van der Waals surface area contributed by atoms with E-state index in [0.717, 1.165) is 35.7 Å². The number of carbonyl (C=O) groups is 1. The van der Waals surface area contributed by atoms with Gasteiger partial charge in [-0.3, -0.25) is 14.2 Å². The second-order valence-corrected chi connectivity index (χ2v) is 11.1. The van der Waals surface area contributed by atoms with Crippen LogP contribution in [0.3, 0.4) is 0 Å². The molecule has 0 aliphatic rings. The van der Waals surface area contributed by atoms with Gasteiger partial charge in [-0.15, -0.1) is 0 Å². The fourth-order valence-corrected chi connectivity index (χ4v) is 5.12. The van der Waals surface area contributed by atoms with E-state index in [-0.39, 0.29) is 23.3 Å². The summed E-state index contributed by atoms with van der Waals surface area (Å²) in [5.74, 6) is -0.0785. The van der Waals surface area contributed by atoms with Gasteiger partial charge in [0.05, 0.1) is 17.7 Å². The number of nitrogens with zero attached hydrogens (tertiary/aromatic N) is 1. The van der Waals surface area contributed by atoms with Crippen LogP contribution in [0.5, 0.6) is 5.75 Å². The van der Waals surface area contributed by atoms with E-state index in [1.807, 2.05) is 30.5 Å². The molecule has 0 saturated heterocycles. The Morgan fingerprint density at radius 1 is 1.05 bits per heavy atom. The first-order chi connectivity index (χ1) is 19.2. The summed E-state index contributed by atoms with van der Waals surface area (Å²) in [4.78, 5) is 27.6. The average molecular weight is 595 g/mol. The van der Waals surface area contributed by atoms with Crippen LogP contribution < -0.4 is 15.6 Å². The van der Waals surface area contributed by atoms with Gasteiger partial charge in [0.1, 0.15) is 5.75 Å². The number of aromatic amines is 1. The largest absolute Gasteiger partial charge is 0.527 e. The Kier molecular flexibility index (Phi) is 15.3. The van der Waals surface area contributed by atoms with Crippen molar-refractivity contribution in [3.63, 3.8) is 0 Å². The van der Waals surface area contributed by atoms with Crippen LogP contribution in [-0.2, 0) is 20.3 Å². The van der Waals surface area contributed by atoms with E-state index in [9.17, 15) is 14.3 Å². The molecule has 0 spiro atoms. The molecule has 5 N–H and O–H groups in total. The third kappa shape index (κ3) is 12.0. The molecule has 0 aliphatic carbocycles. The number of phosphoric ester groups is 1. The predicted molar refractivity (Wildman–Crippen MR) is 163 cm³/mol. The number of carbonyl (C=O) groups excluding carboxylic acids is 1. The van der Waals surface area contributed by atoms with Gasteiger partial charge in [-0.05, 0) is 62.7 Å². The van der Waals surface area contributed by atoms with Gasteiger partial charge in [0.15, 0.2) is 0 Å². The van der Waals surface area contributed by atoms with Crippen molar-refractivity contribution in [3.05, 3.63) is 65.3 Å². The SMILES string of the molecule is CCN(CC)CC.N[C@H](Cc1c[nH]c2ccccc12)C(=O)NCCCCCCOP(=O)(O)Oc1ccccc1Cl. The van der Waals surface area contributed by atoms with E-state index < -0.39 is 13.9 Å². The molecule has 0 radical (unpaired) electrons. The zero-order valence-electron chi connectivity index (χ0n) is 23.8. The van der Waals surface area contributed by atoms with Gasteiger partial charge in [-0.1, -0.05) is 75.5 Å². The van der Waals surface area contributed by atoms with Crippen molar-refractivity contribution in [1.29, 1.82) is 0 Å². The molecule has 40 heavy (non-hydrogen) atoms. The number of benzene rings is 2. The molecule has 2 atom stereocenters. The zero-order valence-corrected chi connectivity index (χ0v) is 25.4. The van der Waals surface area contributed by atoms with Crippen LogP contribution in [0.1, 0.15) is 52.0 Å². The Bertz CT molecular complexity index is 1200. The minimum absolute atomic E-state index is 0.0834. The normalized spacial score (nSPS) is 13.4. The van der Waals surface area contributed by atoms with Crippen LogP contribution in [-0.4, -0.2) is 59.5 Å². The zero-order chi connectivity index (χ0) is 29.4. The summed E-state index contributed by atoms with van der Waals surface area (Å²) < 4.78 is 22.0. The standard InChI is InChI=1S/C23H29ClN3O5P.C6H15N/c24-19-10-4-6-12-22(19)32-33(29,30)31-14-8-2-1-7-13-26-23(28)20(25)15-17-16-27-21-11-5-3-9-18(17)21;1-4-7(5-2)6-3/h3-6,9-12,16,20,27H,1-2,7-8,13-15,25H2,(H,26,28)(H,29,30);4-6H2,1-3H3/t20-;/m1./s1. The van der Waals surface area contributed by atoms with Crippen molar-refractivity contribution in [2.75, 3.05) is 32.8 Å². The number of hydrogen-bond donors (Lipinski definition) is 4. The van der Waals surface area contributed by atoms with Crippen molar-refractivity contribution in [1.82, 2.24) is 15.2 Å². The van der Waals surface area contributed by atoms with E-state index >= 15 is 0 Å². The van der Waals surface area contributed by atoms with Crippen molar-refractivity contribution in [3.8, 4) is 5.75 Å². The molecule has 3 rings (SSSR count). The Morgan fingerprint density at radius 3 is 2.38 bits per heavy atom. The second kappa shape index (κ2) is 18.1. The number of aromatic nitrogens is 1. The van der Waals surface area contributed by atoms with Gasteiger partial charge in [0.25, 0.3) is 0 Å². The van der Waals surface area contributed by atoms with Crippen LogP contribution >= 0.6 is 19.4 Å². The van der Waals surface area contributed by atoms with E-state index in [2.05, 4.69) is 36.0 Å². The number of fused-ring (bicyclic) bond motifs is 1. The summed E-state index contributed by atoms with van der Waals surface area (Å²) in [5, 5.41) is 4.18. The van der Waals surface area contributed by atoms with E-state index in [1.54, 1.807) is 18.2 Å². The predicted octanol–water partition coefficient (Wildman–Crippen LogP) is 5.91. The highest BCUT2D eigenvalue weighted by Crippen LogP contribution is 2.45. The molecule has 0 bridgehead atoms. The second-order valence-electron chi connectivity index (χ2n) is 9.32. The molecule has 1 unspecified atom stereocenters. The van der Waals surface area contributed by atoms with Crippen LogP contribution in [0.2, 0.25) is 5.02 Å². The molecule has 11 heteroatoms. The maximum absolute atomic E-state index is 12.3. The number of unbranched alkanes of at least 4 members (excludes halogenated alkanes) is 3. The molecule has 1 heterocycles. The molecule has 222 valence electrons. The topological polar surface area (TPSA) is 130 Å². The molecule has 1 aromatic heterocycles. The molecular formula is C29H44ClN4O5P. The number of hydrogen-bond acceptors (Lipinski definition) is 6. The van der Waals surface area contributed by atoms with Gasteiger partial charge in [-0.2, -0.15) is 0 Å². The monoisotopic (exact) mass is 594 g/mol. The molecule has 9 nitrogen and oxygen atoms in total.